The van der Waals surface area contributed by atoms with Gasteiger partial charge in [-0.05, 0) is 60.2 Å². The van der Waals surface area contributed by atoms with Gasteiger partial charge in [-0.1, -0.05) is 63.8 Å². The van der Waals surface area contributed by atoms with E-state index in [1.165, 1.54) is 36.6 Å². The molecule has 2 aliphatic carbocycles. The minimum Gasteiger partial charge on any atom is -0.393 e. The summed E-state index contributed by atoms with van der Waals surface area (Å²) < 4.78 is 0. The number of fused-ring (bicyclic) bond motifs is 2. The molecule has 2 atom stereocenters. The van der Waals surface area contributed by atoms with Crippen molar-refractivity contribution in [2.45, 2.75) is 83.3 Å². The molecule has 2 saturated carbocycles. The third-order valence-electron chi connectivity index (χ3n) is 7.45. The fourth-order valence-corrected chi connectivity index (χ4v) is 5.51. The number of aliphatic hydroxyl groups excluding tert-OH is 2. The molecule has 0 amide bonds. The number of pyridine rings is 1. The molecule has 2 aromatic carbocycles. The SMILES string of the molecule is CC(C)c1ccc2ccc(-c3[c-]cccc3)nc2c1.OC1CCCCC2CCCCC(O)C12.[Ir]. The maximum Gasteiger partial charge on any atom is 0.0598 e. The molecule has 2 N–H and O–H groups in total. The summed E-state index contributed by atoms with van der Waals surface area (Å²) in [5.41, 5.74) is 4.41. The van der Waals surface area contributed by atoms with Crippen molar-refractivity contribution in [1.29, 1.82) is 0 Å². The average Bonchev–Trinajstić information content (AvgIpc) is 3.14. The van der Waals surface area contributed by atoms with Gasteiger partial charge in [-0.3, -0.25) is 4.98 Å². The minimum atomic E-state index is -0.240. The standard InChI is InChI=1S/C18H16N.C12H22O2.Ir/c1-13(2)16-9-8-15-10-11-17(19-18(15)12-16)14-6-4-3-5-7-14;13-10-7-3-1-5-9-6-2-4-8-11(14)12(9)10;/h3-6,8-13H,1-2H3;9-14H,1-8H2;/q-1;;. The summed E-state index contributed by atoms with van der Waals surface area (Å²) in [6.45, 7) is 4.41. The van der Waals surface area contributed by atoms with Crippen LogP contribution in [0.1, 0.15) is 76.7 Å². The number of aromatic nitrogens is 1. The first kappa shape index (κ1) is 27.0. The summed E-state index contributed by atoms with van der Waals surface area (Å²) in [6.07, 6.45) is 8.53. The van der Waals surface area contributed by atoms with E-state index in [1.54, 1.807) is 0 Å². The molecule has 2 aliphatic rings. The van der Waals surface area contributed by atoms with E-state index in [0.29, 0.717) is 11.8 Å². The van der Waals surface area contributed by atoms with Crippen molar-refractivity contribution < 1.29 is 30.3 Å². The number of hydrogen-bond donors (Lipinski definition) is 2. The van der Waals surface area contributed by atoms with Crippen LogP contribution in [0.3, 0.4) is 0 Å². The Labute approximate surface area is 218 Å². The van der Waals surface area contributed by atoms with Crippen molar-refractivity contribution in [2.75, 3.05) is 0 Å². The Bertz CT molecular complexity index is 1000. The molecular formula is C30H38IrNO2-. The monoisotopic (exact) mass is 637 g/mol. The summed E-state index contributed by atoms with van der Waals surface area (Å²) in [5, 5.41) is 21.2. The molecule has 1 heterocycles. The molecular weight excluding hydrogens is 599 g/mol. The summed E-state index contributed by atoms with van der Waals surface area (Å²) >= 11 is 0. The Morgan fingerprint density at radius 1 is 0.853 bits per heavy atom. The quantitative estimate of drug-likeness (QED) is 0.301. The molecule has 34 heavy (non-hydrogen) atoms. The molecule has 0 spiro atoms. The van der Waals surface area contributed by atoms with Crippen molar-refractivity contribution in [3.63, 3.8) is 0 Å². The molecule has 0 bridgehead atoms. The summed E-state index contributed by atoms with van der Waals surface area (Å²) in [7, 11) is 0. The van der Waals surface area contributed by atoms with E-state index in [2.05, 4.69) is 50.2 Å². The maximum absolute atomic E-state index is 10.0. The molecule has 0 aliphatic heterocycles. The van der Waals surface area contributed by atoms with E-state index in [1.807, 2.05) is 24.3 Å². The Morgan fingerprint density at radius 2 is 1.50 bits per heavy atom. The van der Waals surface area contributed by atoms with Gasteiger partial charge in [-0.2, -0.15) is 0 Å². The van der Waals surface area contributed by atoms with Crippen LogP contribution in [0.25, 0.3) is 22.2 Å². The largest absolute Gasteiger partial charge is 0.393 e. The van der Waals surface area contributed by atoms with Gasteiger partial charge in [0.05, 0.1) is 17.7 Å². The molecule has 1 aromatic heterocycles. The second-order valence-corrected chi connectivity index (χ2v) is 10.1. The van der Waals surface area contributed by atoms with E-state index in [4.69, 9.17) is 4.98 Å². The van der Waals surface area contributed by atoms with Gasteiger partial charge < -0.3 is 10.2 Å². The molecule has 1 radical (unpaired) electrons. The van der Waals surface area contributed by atoms with E-state index >= 15 is 0 Å². The van der Waals surface area contributed by atoms with Gasteiger partial charge >= 0.3 is 0 Å². The van der Waals surface area contributed by atoms with Crippen LogP contribution in [0.2, 0.25) is 0 Å². The predicted octanol–water partition coefficient (Wildman–Crippen LogP) is 6.91. The first-order valence-corrected chi connectivity index (χ1v) is 12.8. The molecule has 4 heteroatoms. The number of rotatable bonds is 2. The smallest absolute Gasteiger partial charge is 0.0598 e. The first-order chi connectivity index (χ1) is 16.0. The fourth-order valence-electron chi connectivity index (χ4n) is 5.51. The van der Waals surface area contributed by atoms with Crippen molar-refractivity contribution in [1.82, 2.24) is 4.98 Å². The summed E-state index contributed by atoms with van der Waals surface area (Å²) in [4.78, 5) is 4.76. The van der Waals surface area contributed by atoms with Gasteiger partial charge in [0.25, 0.3) is 0 Å². The molecule has 2 unspecified atom stereocenters. The third-order valence-corrected chi connectivity index (χ3v) is 7.45. The van der Waals surface area contributed by atoms with E-state index < -0.39 is 0 Å². The van der Waals surface area contributed by atoms with Crippen molar-refractivity contribution in [3.05, 3.63) is 66.2 Å². The van der Waals surface area contributed by atoms with Crippen LogP contribution in [0.4, 0.5) is 0 Å². The van der Waals surface area contributed by atoms with Gasteiger partial charge in [-0.25, -0.2) is 0 Å². The van der Waals surface area contributed by atoms with Crippen molar-refractivity contribution >= 4 is 10.9 Å². The Kier molecular flexibility index (Phi) is 10.3. The zero-order valence-corrected chi connectivity index (χ0v) is 22.8. The zero-order valence-electron chi connectivity index (χ0n) is 20.4. The minimum absolute atomic E-state index is 0. The fraction of sp³-hybridized carbons (Fsp3) is 0.500. The Morgan fingerprint density at radius 3 is 2.12 bits per heavy atom. The van der Waals surface area contributed by atoms with Gasteiger partial charge in [0.2, 0.25) is 0 Å². The van der Waals surface area contributed by atoms with Crippen LogP contribution in [-0.2, 0) is 20.1 Å². The number of benzene rings is 2. The Hall–Kier alpha value is -1.58. The van der Waals surface area contributed by atoms with Crippen molar-refractivity contribution in [3.8, 4) is 11.3 Å². The molecule has 185 valence electrons. The normalized spacial score (nSPS) is 24.7. The van der Waals surface area contributed by atoms with Gasteiger partial charge in [-0.15, -0.1) is 35.9 Å². The van der Waals surface area contributed by atoms with Gasteiger partial charge in [0.1, 0.15) is 0 Å². The van der Waals surface area contributed by atoms with Gasteiger partial charge in [0.15, 0.2) is 0 Å². The van der Waals surface area contributed by atoms with Crippen LogP contribution in [0, 0.1) is 17.9 Å². The first-order valence-electron chi connectivity index (χ1n) is 12.8. The maximum atomic E-state index is 10.0. The second-order valence-electron chi connectivity index (χ2n) is 10.1. The van der Waals surface area contributed by atoms with Crippen molar-refractivity contribution in [2.24, 2.45) is 11.8 Å². The van der Waals surface area contributed by atoms with E-state index in [9.17, 15) is 10.2 Å². The van der Waals surface area contributed by atoms with Crippen LogP contribution in [0.15, 0.2) is 54.6 Å². The van der Waals surface area contributed by atoms with E-state index in [0.717, 1.165) is 42.5 Å². The number of hydrogen-bond acceptors (Lipinski definition) is 3. The Balaban J connectivity index is 0.000000193. The summed E-state index contributed by atoms with van der Waals surface area (Å²) in [5.74, 6) is 1.29. The van der Waals surface area contributed by atoms with E-state index in [-0.39, 0.29) is 38.2 Å². The van der Waals surface area contributed by atoms with Crippen LogP contribution in [0.5, 0.6) is 0 Å². The molecule has 0 saturated heterocycles. The number of nitrogens with zero attached hydrogens (tertiary/aromatic N) is 1. The molecule has 5 rings (SSSR count). The van der Waals surface area contributed by atoms with Crippen LogP contribution in [-0.4, -0.2) is 27.4 Å². The number of aliphatic hydroxyl groups is 2. The summed E-state index contributed by atoms with van der Waals surface area (Å²) in [6, 6.07) is 21.9. The molecule has 3 nitrogen and oxygen atoms in total. The van der Waals surface area contributed by atoms with Gasteiger partial charge in [0, 0.05) is 26.0 Å². The van der Waals surface area contributed by atoms with Crippen LogP contribution < -0.4 is 0 Å². The second kappa shape index (κ2) is 12.9. The molecule has 3 aromatic rings. The zero-order chi connectivity index (χ0) is 23.2. The predicted molar refractivity (Wildman–Crippen MR) is 136 cm³/mol. The van der Waals surface area contributed by atoms with Crippen LogP contribution >= 0.6 is 0 Å². The molecule has 2 fully saturated rings. The third kappa shape index (κ3) is 6.76. The topological polar surface area (TPSA) is 53.4 Å². The average molecular weight is 637 g/mol.